The van der Waals surface area contributed by atoms with Crippen molar-refractivity contribution in [3.05, 3.63) is 41.6 Å². The molecule has 1 fully saturated rings. The quantitative estimate of drug-likeness (QED) is 0.719. The number of benzene rings is 1. The van der Waals surface area contributed by atoms with Crippen molar-refractivity contribution in [3.63, 3.8) is 0 Å². The summed E-state index contributed by atoms with van der Waals surface area (Å²) in [6, 6.07) is 9.81. The molecule has 1 heterocycles. The van der Waals surface area contributed by atoms with Crippen LogP contribution in [-0.4, -0.2) is 44.4 Å². The first-order valence-corrected chi connectivity index (χ1v) is 8.54. The Morgan fingerprint density at radius 2 is 2.08 bits per heavy atom. The summed E-state index contributed by atoms with van der Waals surface area (Å²) in [6.45, 7) is 2.40. The first kappa shape index (κ1) is 16.9. The van der Waals surface area contributed by atoms with Gasteiger partial charge in [-0.1, -0.05) is 18.2 Å². The topological polar surface area (TPSA) is 60.5 Å². The highest BCUT2D eigenvalue weighted by Gasteiger charge is 2.26. The molecule has 24 heavy (non-hydrogen) atoms. The van der Waals surface area contributed by atoms with Gasteiger partial charge in [-0.05, 0) is 31.4 Å². The molecule has 0 spiro atoms. The summed E-state index contributed by atoms with van der Waals surface area (Å²) < 4.78 is 10.3. The molecule has 1 aliphatic rings. The fraction of sp³-hybridized carbons (Fsp3) is 0.474. The molecular weight excluding hydrogens is 304 g/mol. The molecule has 1 amide bonds. The van der Waals surface area contributed by atoms with Crippen LogP contribution in [0.1, 0.15) is 41.2 Å². The second-order valence-corrected chi connectivity index (χ2v) is 6.10. The smallest absolute Gasteiger partial charge is 0.252 e. The van der Waals surface area contributed by atoms with E-state index >= 15 is 0 Å². The van der Waals surface area contributed by atoms with Crippen molar-refractivity contribution in [2.45, 2.75) is 25.2 Å². The van der Waals surface area contributed by atoms with Gasteiger partial charge >= 0.3 is 0 Å². The van der Waals surface area contributed by atoms with E-state index in [1.807, 2.05) is 30.3 Å². The van der Waals surface area contributed by atoms with Crippen molar-refractivity contribution < 1.29 is 14.3 Å². The Balaban J connectivity index is 1.61. The number of pyridine rings is 1. The largest absolute Gasteiger partial charge is 0.382 e. The predicted molar refractivity (Wildman–Crippen MR) is 93.4 cm³/mol. The highest BCUT2D eigenvalue weighted by atomic mass is 16.5. The van der Waals surface area contributed by atoms with E-state index in [0.29, 0.717) is 32.3 Å². The number of ether oxygens (including phenoxy) is 2. The van der Waals surface area contributed by atoms with Gasteiger partial charge in [0.2, 0.25) is 0 Å². The minimum atomic E-state index is -0.0348. The van der Waals surface area contributed by atoms with Crippen LogP contribution in [0.15, 0.2) is 30.3 Å². The number of rotatable bonds is 9. The van der Waals surface area contributed by atoms with Crippen LogP contribution in [0.2, 0.25) is 0 Å². The molecule has 0 saturated heterocycles. The van der Waals surface area contributed by atoms with Crippen molar-refractivity contribution in [3.8, 4) is 0 Å². The van der Waals surface area contributed by atoms with E-state index in [9.17, 15) is 4.79 Å². The average Bonchev–Trinajstić information content (AvgIpc) is 3.45. The number of carbonyl (C=O) groups excluding carboxylic acids is 1. The lowest BCUT2D eigenvalue weighted by Crippen LogP contribution is -2.26. The molecule has 128 valence electrons. The van der Waals surface area contributed by atoms with Gasteiger partial charge in [-0.15, -0.1) is 0 Å². The first-order chi connectivity index (χ1) is 11.8. The predicted octanol–water partition coefficient (Wildman–Crippen LogP) is 2.90. The van der Waals surface area contributed by atoms with Gasteiger partial charge in [0, 0.05) is 37.3 Å². The number of amides is 1. The molecule has 1 saturated carbocycles. The van der Waals surface area contributed by atoms with E-state index in [1.165, 1.54) is 12.8 Å². The zero-order chi connectivity index (χ0) is 16.8. The highest BCUT2D eigenvalue weighted by molar-refractivity contribution is 6.06. The molecule has 0 radical (unpaired) electrons. The highest BCUT2D eigenvalue weighted by Crippen LogP contribution is 2.40. The van der Waals surface area contributed by atoms with Gasteiger partial charge < -0.3 is 14.8 Å². The van der Waals surface area contributed by atoms with Gasteiger partial charge in [-0.2, -0.15) is 0 Å². The molecule has 0 unspecified atom stereocenters. The van der Waals surface area contributed by atoms with E-state index in [2.05, 4.69) is 5.32 Å². The lowest BCUT2D eigenvalue weighted by molar-refractivity contribution is 0.0688. The Kier molecular flexibility index (Phi) is 5.77. The van der Waals surface area contributed by atoms with Crippen LogP contribution in [-0.2, 0) is 9.47 Å². The molecule has 5 heteroatoms. The summed E-state index contributed by atoms with van der Waals surface area (Å²) in [5.41, 5.74) is 2.67. The number of aromatic nitrogens is 1. The molecule has 2 aromatic rings. The monoisotopic (exact) mass is 328 g/mol. The number of nitrogens with one attached hydrogen (secondary N) is 1. The molecule has 1 aromatic heterocycles. The van der Waals surface area contributed by atoms with Gasteiger partial charge in [0.05, 0.1) is 24.3 Å². The van der Waals surface area contributed by atoms with Crippen LogP contribution in [0.3, 0.4) is 0 Å². The zero-order valence-electron chi connectivity index (χ0n) is 14.1. The molecule has 0 bridgehead atoms. The van der Waals surface area contributed by atoms with Crippen LogP contribution in [0, 0.1) is 0 Å². The summed E-state index contributed by atoms with van der Waals surface area (Å²) in [5, 5.41) is 3.90. The maximum atomic E-state index is 12.6. The zero-order valence-corrected chi connectivity index (χ0v) is 14.1. The lowest BCUT2D eigenvalue weighted by atomic mass is 10.1. The Morgan fingerprint density at radius 3 is 2.88 bits per heavy atom. The maximum Gasteiger partial charge on any atom is 0.252 e. The third-order valence-corrected chi connectivity index (χ3v) is 4.16. The van der Waals surface area contributed by atoms with Gasteiger partial charge in [0.1, 0.15) is 0 Å². The van der Waals surface area contributed by atoms with Gasteiger partial charge in [0.15, 0.2) is 0 Å². The minimum Gasteiger partial charge on any atom is -0.382 e. The average molecular weight is 328 g/mol. The normalized spacial score (nSPS) is 14.0. The van der Waals surface area contributed by atoms with Crippen molar-refractivity contribution in [1.29, 1.82) is 0 Å². The first-order valence-electron chi connectivity index (χ1n) is 8.54. The minimum absolute atomic E-state index is 0.0348. The van der Waals surface area contributed by atoms with E-state index in [4.69, 9.17) is 14.5 Å². The van der Waals surface area contributed by atoms with E-state index in [1.54, 1.807) is 7.11 Å². The maximum absolute atomic E-state index is 12.6. The molecular formula is C19H24N2O3. The lowest BCUT2D eigenvalue weighted by Gasteiger charge is -2.10. The second-order valence-electron chi connectivity index (χ2n) is 6.10. The SMILES string of the molecule is COCCOCCCNC(=O)c1cc(C2CC2)nc2ccccc12. The Labute approximate surface area is 142 Å². The van der Waals surface area contributed by atoms with Gasteiger partial charge in [0.25, 0.3) is 5.91 Å². The third-order valence-electron chi connectivity index (χ3n) is 4.16. The number of fused-ring (bicyclic) bond motifs is 1. The number of hydrogen-bond acceptors (Lipinski definition) is 4. The molecule has 1 aromatic carbocycles. The fourth-order valence-corrected chi connectivity index (χ4v) is 2.69. The van der Waals surface area contributed by atoms with Crippen LogP contribution in [0.4, 0.5) is 0 Å². The second kappa shape index (κ2) is 8.22. The molecule has 1 aliphatic carbocycles. The number of nitrogens with zero attached hydrogens (tertiary/aromatic N) is 1. The summed E-state index contributed by atoms with van der Waals surface area (Å²) in [4.78, 5) is 17.3. The van der Waals surface area contributed by atoms with Crippen molar-refractivity contribution in [1.82, 2.24) is 10.3 Å². The molecule has 1 N–H and O–H groups in total. The fourth-order valence-electron chi connectivity index (χ4n) is 2.69. The Morgan fingerprint density at radius 1 is 1.25 bits per heavy atom. The summed E-state index contributed by atoms with van der Waals surface area (Å²) in [6.07, 6.45) is 3.13. The summed E-state index contributed by atoms with van der Waals surface area (Å²) in [5.74, 6) is 0.489. The van der Waals surface area contributed by atoms with Crippen molar-refractivity contribution in [2.75, 3.05) is 33.5 Å². The third kappa shape index (κ3) is 4.30. The molecule has 3 rings (SSSR count). The van der Waals surface area contributed by atoms with E-state index in [0.717, 1.165) is 28.6 Å². The number of carbonyl (C=O) groups is 1. The van der Waals surface area contributed by atoms with Crippen molar-refractivity contribution in [2.24, 2.45) is 0 Å². The Bertz CT molecular complexity index is 698. The summed E-state index contributed by atoms with van der Waals surface area (Å²) in [7, 11) is 1.65. The van der Waals surface area contributed by atoms with Crippen LogP contribution < -0.4 is 5.32 Å². The molecule has 5 nitrogen and oxygen atoms in total. The van der Waals surface area contributed by atoms with Crippen LogP contribution in [0.25, 0.3) is 10.9 Å². The van der Waals surface area contributed by atoms with Crippen LogP contribution in [0.5, 0.6) is 0 Å². The molecule has 0 aliphatic heterocycles. The molecule has 0 atom stereocenters. The summed E-state index contributed by atoms with van der Waals surface area (Å²) >= 11 is 0. The van der Waals surface area contributed by atoms with Gasteiger partial charge in [-0.3, -0.25) is 9.78 Å². The number of hydrogen-bond donors (Lipinski definition) is 1. The van der Waals surface area contributed by atoms with E-state index in [-0.39, 0.29) is 5.91 Å². The number of methoxy groups -OCH3 is 1. The standard InChI is InChI=1S/C19H24N2O3/c1-23-11-12-24-10-4-9-20-19(22)16-13-18(14-7-8-14)21-17-6-3-2-5-15(16)17/h2-3,5-6,13-14H,4,7-12H2,1H3,(H,20,22). The van der Waals surface area contributed by atoms with Crippen molar-refractivity contribution >= 4 is 16.8 Å². The Hall–Kier alpha value is -1.98. The van der Waals surface area contributed by atoms with Gasteiger partial charge in [-0.25, -0.2) is 0 Å². The number of para-hydroxylation sites is 1. The van der Waals surface area contributed by atoms with Crippen LogP contribution >= 0.6 is 0 Å². The van der Waals surface area contributed by atoms with E-state index < -0.39 is 0 Å².